The predicted molar refractivity (Wildman–Crippen MR) is 94.9 cm³/mol. The fraction of sp³-hybridized carbons (Fsp3) is 0.143. The zero-order valence-electron chi connectivity index (χ0n) is 14.9. The van der Waals surface area contributed by atoms with E-state index >= 15 is 0 Å². The van der Waals surface area contributed by atoms with Crippen LogP contribution in [0.25, 0.3) is 0 Å². The molecular formula is C21H12O8. The Morgan fingerprint density at radius 1 is 0.621 bits per heavy atom. The molecule has 8 heteroatoms. The fourth-order valence-corrected chi connectivity index (χ4v) is 3.41. The Bertz CT molecular complexity index is 1050. The van der Waals surface area contributed by atoms with Gasteiger partial charge in [-0.15, -0.1) is 0 Å². The van der Waals surface area contributed by atoms with E-state index < -0.39 is 35.4 Å². The van der Waals surface area contributed by atoms with Crippen molar-refractivity contribution in [3.63, 3.8) is 0 Å². The minimum absolute atomic E-state index is 0.0416. The summed E-state index contributed by atoms with van der Waals surface area (Å²) in [4.78, 5) is 71.8. The summed E-state index contributed by atoms with van der Waals surface area (Å²) < 4.78 is 9.06. The highest BCUT2D eigenvalue weighted by atomic mass is 16.6. The van der Waals surface area contributed by atoms with Gasteiger partial charge in [-0.05, 0) is 18.6 Å². The summed E-state index contributed by atoms with van der Waals surface area (Å²) >= 11 is 0. The van der Waals surface area contributed by atoms with Gasteiger partial charge in [0, 0.05) is 24.0 Å². The van der Waals surface area contributed by atoms with Crippen molar-refractivity contribution in [2.24, 2.45) is 0 Å². The standard InChI is InChI=1S/C21H12O8/c22-14(10-4-1-6-12-16(10)20(26)28-18(12)24)8-3-9-15(23)11-5-2-7-13-17(11)21(27)29-19(13)25/h1-2,4-7H,3,8-9H2. The maximum Gasteiger partial charge on any atom is 0.347 e. The number of ketones is 2. The Balaban J connectivity index is 1.46. The topological polar surface area (TPSA) is 121 Å². The van der Waals surface area contributed by atoms with Crippen LogP contribution < -0.4 is 0 Å². The molecule has 0 spiro atoms. The van der Waals surface area contributed by atoms with Crippen molar-refractivity contribution in [3.05, 3.63) is 69.8 Å². The highest BCUT2D eigenvalue weighted by molar-refractivity contribution is 6.21. The van der Waals surface area contributed by atoms with E-state index in [4.69, 9.17) is 0 Å². The summed E-state index contributed by atoms with van der Waals surface area (Å²) in [5.41, 5.74) is 0.105. The second-order valence-electron chi connectivity index (χ2n) is 6.51. The Hall–Kier alpha value is -3.94. The number of cyclic esters (lactones) is 4. The molecule has 4 rings (SSSR count). The van der Waals surface area contributed by atoms with E-state index in [0.717, 1.165) is 0 Å². The predicted octanol–water partition coefficient (Wildman–Crippen LogP) is 2.54. The molecule has 2 aliphatic rings. The summed E-state index contributed by atoms with van der Waals surface area (Å²) in [5, 5.41) is 0. The van der Waals surface area contributed by atoms with Crippen LogP contribution in [-0.2, 0) is 9.47 Å². The molecule has 0 N–H and O–H groups in total. The van der Waals surface area contributed by atoms with E-state index in [2.05, 4.69) is 9.47 Å². The molecule has 2 aromatic rings. The van der Waals surface area contributed by atoms with Gasteiger partial charge in [-0.1, -0.05) is 24.3 Å². The number of fused-ring (bicyclic) bond motifs is 2. The van der Waals surface area contributed by atoms with Crippen molar-refractivity contribution in [1.29, 1.82) is 0 Å². The first-order valence-corrected chi connectivity index (χ1v) is 8.74. The molecule has 0 aliphatic carbocycles. The van der Waals surface area contributed by atoms with Gasteiger partial charge in [0.2, 0.25) is 0 Å². The molecule has 0 saturated carbocycles. The number of carbonyl (C=O) groups is 6. The molecule has 2 aliphatic heterocycles. The van der Waals surface area contributed by atoms with Gasteiger partial charge in [-0.25, -0.2) is 19.2 Å². The zero-order valence-corrected chi connectivity index (χ0v) is 14.9. The minimum Gasteiger partial charge on any atom is -0.386 e. The number of ether oxygens (including phenoxy) is 2. The van der Waals surface area contributed by atoms with Crippen molar-refractivity contribution in [2.45, 2.75) is 19.3 Å². The van der Waals surface area contributed by atoms with Crippen LogP contribution in [0, 0.1) is 0 Å². The quantitative estimate of drug-likeness (QED) is 0.418. The lowest BCUT2D eigenvalue weighted by Gasteiger charge is -2.06. The van der Waals surface area contributed by atoms with E-state index in [9.17, 15) is 28.8 Å². The van der Waals surface area contributed by atoms with Crippen LogP contribution in [0.2, 0.25) is 0 Å². The fourth-order valence-electron chi connectivity index (χ4n) is 3.41. The van der Waals surface area contributed by atoms with E-state index in [1.165, 1.54) is 36.4 Å². The average Bonchev–Trinajstić information content (AvgIpc) is 3.17. The molecule has 0 atom stereocenters. The molecule has 0 radical (unpaired) electrons. The van der Waals surface area contributed by atoms with E-state index in [-0.39, 0.29) is 52.6 Å². The molecule has 0 unspecified atom stereocenters. The maximum atomic E-state index is 12.5. The van der Waals surface area contributed by atoms with Crippen LogP contribution in [-0.4, -0.2) is 35.4 Å². The number of rotatable bonds is 6. The number of Topliss-reactive ketones (excluding diaryl/α,β-unsaturated/α-hetero) is 2. The highest BCUT2D eigenvalue weighted by Crippen LogP contribution is 2.27. The van der Waals surface area contributed by atoms with E-state index in [1.807, 2.05) is 0 Å². The van der Waals surface area contributed by atoms with Crippen molar-refractivity contribution >= 4 is 35.4 Å². The molecule has 144 valence electrons. The van der Waals surface area contributed by atoms with Crippen molar-refractivity contribution in [3.8, 4) is 0 Å². The molecule has 2 heterocycles. The van der Waals surface area contributed by atoms with Gasteiger partial charge in [-0.2, -0.15) is 0 Å². The molecule has 2 aromatic carbocycles. The zero-order chi connectivity index (χ0) is 20.7. The SMILES string of the molecule is O=C(CCCC(=O)c1cccc2c1C(=O)OC2=O)c1cccc2c1C(=O)OC2=O. The number of hydrogen-bond donors (Lipinski definition) is 0. The van der Waals surface area contributed by atoms with Gasteiger partial charge in [0.15, 0.2) is 11.6 Å². The van der Waals surface area contributed by atoms with Gasteiger partial charge in [0.1, 0.15) is 0 Å². The summed E-state index contributed by atoms with van der Waals surface area (Å²) in [6.45, 7) is 0. The van der Waals surface area contributed by atoms with Crippen LogP contribution >= 0.6 is 0 Å². The number of carbonyl (C=O) groups excluding carboxylic acids is 6. The van der Waals surface area contributed by atoms with Crippen LogP contribution in [0.15, 0.2) is 36.4 Å². The summed E-state index contributed by atoms with van der Waals surface area (Å²) in [5.74, 6) is -4.15. The van der Waals surface area contributed by atoms with Crippen molar-refractivity contribution in [1.82, 2.24) is 0 Å². The third-order valence-electron chi connectivity index (χ3n) is 4.76. The summed E-state index contributed by atoms with van der Waals surface area (Å²) in [6.07, 6.45) is 0.0428. The van der Waals surface area contributed by atoms with Crippen molar-refractivity contribution < 1.29 is 38.2 Å². The monoisotopic (exact) mass is 392 g/mol. The van der Waals surface area contributed by atoms with Crippen LogP contribution in [0.5, 0.6) is 0 Å². The molecule has 8 nitrogen and oxygen atoms in total. The molecule has 0 fully saturated rings. The summed E-state index contributed by atoms with van der Waals surface area (Å²) in [6, 6.07) is 8.61. The van der Waals surface area contributed by atoms with Crippen LogP contribution in [0.1, 0.15) is 81.4 Å². The lowest BCUT2D eigenvalue weighted by molar-refractivity contribution is 0.0425. The lowest BCUT2D eigenvalue weighted by Crippen LogP contribution is -2.10. The van der Waals surface area contributed by atoms with Crippen LogP contribution in [0.3, 0.4) is 0 Å². The largest absolute Gasteiger partial charge is 0.386 e. The Kier molecular flexibility index (Phi) is 4.38. The first kappa shape index (κ1) is 18.4. The number of benzene rings is 2. The second kappa shape index (κ2) is 6.90. The Morgan fingerprint density at radius 3 is 1.45 bits per heavy atom. The van der Waals surface area contributed by atoms with E-state index in [1.54, 1.807) is 0 Å². The number of esters is 4. The molecule has 0 bridgehead atoms. The molecule has 29 heavy (non-hydrogen) atoms. The second-order valence-corrected chi connectivity index (χ2v) is 6.51. The first-order chi connectivity index (χ1) is 13.9. The molecule has 0 amide bonds. The smallest absolute Gasteiger partial charge is 0.347 e. The first-order valence-electron chi connectivity index (χ1n) is 8.74. The lowest BCUT2D eigenvalue weighted by atomic mass is 9.94. The molecule has 0 saturated heterocycles. The highest BCUT2D eigenvalue weighted by Gasteiger charge is 2.35. The maximum absolute atomic E-state index is 12.5. The minimum atomic E-state index is -0.868. The Labute approximate surface area is 163 Å². The normalized spacial score (nSPS) is 14.3. The average molecular weight is 392 g/mol. The van der Waals surface area contributed by atoms with Gasteiger partial charge in [0.05, 0.1) is 22.3 Å². The van der Waals surface area contributed by atoms with Gasteiger partial charge < -0.3 is 9.47 Å². The van der Waals surface area contributed by atoms with Crippen molar-refractivity contribution in [2.75, 3.05) is 0 Å². The number of hydrogen-bond acceptors (Lipinski definition) is 8. The van der Waals surface area contributed by atoms with Crippen LogP contribution in [0.4, 0.5) is 0 Å². The van der Waals surface area contributed by atoms with E-state index in [0.29, 0.717) is 0 Å². The molecule has 0 aromatic heterocycles. The summed E-state index contributed by atoms with van der Waals surface area (Å²) in [7, 11) is 0. The third kappa shape index (κ3) is 3.04. The van der Waals surface area contributed by atoms with Gasteiger partial charge >= 0.3 is 23.9 Å². The third-order valence-corrected chi connectivity index (χ3v) is 4.76. The van der Waals surface area contributed by atoms with Gasteiger partial charge in [0.25, 0.3) is 0 Å². The van der Waals surface area contributed by atoms with Gasteiger partial charge in [-0.3, -0.25) is 9.59 Å². The Morgan fingerprint density at radius 2 is 1.03 bits per heavy atom. The molecular weight excluding hydrogens is 380 g/mol.